The van der Waals surface area contributed by atoms with E-state index in [0.29, 0.717) is 12.0 Å². The molecule has 0 spiro atoms. The smallest absolute Gasteiger partial charge is 0.0930 e. The maximum Gasteiger partial charge on any atom is 0.226 e. The molecule has 14 heteroatoms. The Hall–Kier alpha value is 3.28. The molecule has 0 aliphatic heterocycles. The highest BCUT2D eigenvalue weighted by molar-refractivity contribution is 6.79. The van der Waals surface area contributed by atoms with Gasteiger partial charge in [-0.1, -0.05) is 188 Å². The van der Waals surface area contributed by atoms with Crippen molar-refractivity contribution in [3.63, 3.8) is 0 Å². The summed E-state index contributed by atoms with van der Waals surface area (Å²) in [5.74, 6) is 0.171. The number of hydrogen-bond acceptors (Lipinski definition) is 0. The Kier molecular flexibility index (Phi) is 10.8. The van der Waals surface area contributed by atoms with Crippen LogP contribution >= 0.6 is 162 Å². The van der Waals surface area contributed by atoms with E-state index < -0.39 is 24.9 Å². The Bertz CT molecular complexity index is 754. The monoisotopic (exact) mass is 694 g/mol. The van der Waals surface area contributed by atoms with Gasteiger partial charge in [-0.25, -0.2) is 0 Å². The van der Waals surface area contributed by atoms with E-state index in [1.54, 1.807) is 6.07 Å². The van der Waals surface area contributed by atoms with Crippen molar-refractivity contribution in [2.45, 2.75) is 45.2 Å². The summed E-state index contributed by atoms with van der Waals surface area (Å²) >= 11 is 86.5. The van der Waals surface area contributed by atoms with E-state index >= 15 is 0 Å². The molecule has 0 saturated heterocycles. The molecule has 0 atom stereocenters. The van der Waals surface area contributed by atoms with Crippen molar-refractivity contribution in [2.75, 3.05) is 0 Å². The highest BCUT2D eigenvalue weighted by Crippen LogP contribution is 2.63. The summed E-state index contributed by atoms with van der Waals surface area (Å²) in [4.78, 5) is 0. The highest BCUT2D eigenvalue weighted by Gasteiger charge is 2.63. The molecule has 174 valence electrons. The van der Waals surface area contributed by atoms with Crippen molar-refractivity contribution in [3.8, 4) is 0 Å². The summed E-state index contributed by atoms with van der Waals surface area (Å²) in [6, 6.07) is 4.50. The molecule has 0 bridgehead atoms. The molecule has 0 fully saturated rings. The summed E-state index contributed by atoms with van der Waals surface area (Å²) in [6.07, 6.45) is 0.495. The van der Waals surface area contributed by atoms with Crippen molar-refractivity contribution in [2.24, 2.45) is 5.92 Å². The van der Waals surface area contributed by atoms with Gasteiger partial charge in [-0.05, 0) is 35.1 Å². The molecule has 0 aliphatic rings. The minimum Gasteiger partial charge on any atom is -0.0930 e. The summed E-state index contributed by atoms with van der Waals surface area (Å²) in [5, 5.41) is 0. The van der Waals surface area contributed by atoms with Gasteiger partial charge in [0.1, 0.15) is 0 Å². The van der Waals surface area contributed by atoms with Crippen LogP contribution in [0.25, 0.3) is 0 Å². The maximum absolute atomic E-state index is 6.57. The quantitative estimate of drug-likeness (QED) is 0.259. The summed E-state index contributed by atoms with van der Waals surface area (Å²) in [6.45, 7) is 3.93. The number of rotatable bonds is 6. The fourth-order valence-corrected chi connectivity index (χ4v) is 5.39. The Morgan fingerprint density at radius 3 is 1.40 bits per heavy atom. The van der Waals surface area contributed by atoms with Crippen molar-refractivity contribution in [1.29, 1.82) is 0 Å². The third-order valence-electron chi connectivity index (χ3n) is 3.94. The second kappa shape index (κ2) is 10.3. The van der Waals surface area contributed by atoms with Crippen LogP contribution in [0, 0.1) is 5.92 Å². The van der Waals surface area contributed by atoms with Crippen molar-refractivity contribution in [3.05, 3.63) is 34.9 Å². The third kappa shape index (κ3) is 6.15. The molecule has 0 nitrogen and oxygen atoms in total. The van der Waals surface area contributed by atoms with Gasteiger partial charge in [0.2, 0.25) is 16.3 Å². The van der Waals surface area contributed by atoms with Crippen LogP contribution in [0.5, 0.6) is 0 Å². The normalized spacial score (nSPS) is 15.1. The number of halogens is 14. The van der Waals surface area contributed by atoms with E-state index in [-0.39, 0.29) is 17.0 Å². The van der Waals surface area contributed by atoms with Gasteiger partial charge in [0.05, 0.1) is 0 Å². The standard InChI is InChI=1S/C16H12Cl14/c1-7(2)5-8-3-4-9(11(17,18)13(21,22)15(25,26)27)6-10(8)12(19,20)14(23,24)16(28,29)30/h3-4,6-7H,5H2,1-2H3. The molecule has 1 rings (SSSR count). The predicted octanol–water partition coefficient (Wildman–Crippen LogP) is 11.2. The largest absolute Gasteiger partial charge is 0.226 e. The molecule has 30 heavy (non-hydrogen) atoms. The van der Waals surface area contributed by atoms with E-state index in [1.165, 1.54) is 12.1 Å². The average molecular weight is 701 g/mol. The molecule has 1 aromatic rings. The predicted molar refractivity (Wildman–Crippen MR) is 141 cm³/mol. The molecular formula is C16H12Cl14. The number of benzene rings is 1. The Morgan fingerprint density at radius 2 is 1.03 bits per heavy atom. The van der Waals surface area contributed by atoms with Crippen LogP contribution in [-0.2, 0) is 15.1 Å². The third-order valence-corrected chi connectivity index (χ3v) is 11.8. The van der Waals surface area contributed by atoms with Gasteiger partial charge in [0.15, 0.2) is 8.67 Å². The number of hydrogen-bond donors (Lipinski definition) is 0. The lowest BCUT2D eigenvalue weighted by Crippen LogP contribution is -2.47. The highest BCUT2D eigenvalue weighted by atomic mass is 35.6. The van der Waals surface area contributed by atoms with Crippen LogP contribution in [0.4, 0.5) is 0 Å². The van der Waals surface area contributed by atoms with E-state index in [9.17, 15) is 0 Å². The SMILES string of the molecule is CC(C)Cc1ccc(C(Cl)(Cl)C(Cl)(Cl)C(Cl)(Cl)Cl)cc1C(Cl)(Cl)C(Cl)(Cl)C(Cl)(Cl)Cl. The zero-order valence-electron chi connectivity index (χ0n) is 14.8. The molecular weight excluding hydrogens is 689 g/mol. The van der Waals surface area contributed by atoms with Crippen LogP contribution in [0.2, 0.25) is 0 Å². The minimum atomic E-state index is -2.31. The molecule has 0 N–H and O–H groups in total. The summed E-state index contributed by atoms with van der Waals surface area (Å²) in [5.41, 5.74) is 0.836. The molecule has 0 aliphatic carbocycles. The second-order valence-electron chi connectivity index (χ2n) is 6.76. The van der Waals surface area contributed by atoms with Gasteiger partial charge in [-0.2, -0.15) is 0 Å². The molecule has 0 radical (unpaired) electrons. The Labute approximate surface area is 245 Å². The second-order valence-corrected chi connectivity index (χ2v) is 16.6. The van der Waals surface area contributed by atoms with Crippen molar-refractivity contribution >= 4 is 162 Å². The minimum absolute atomic E-state index is 0.0730. The van der Waals surface area contributed by atoms with Gasteiger partial charge in [-0.15, -0.1) is 0 Å². The van der Waals surface area contributed by atoms with Gasteiger partial charge in [0.25, 0.3) is 0 Å². The van der Waals surface area contributed by atoms with Crippen molar-refractivity contribution < 1.29 is 0 Å². The molecule has 0 heterocycles. The lowest BCUT2D eigenvalue weighted by molar-refractivity contribution is 0.624. The zero-order chi connectivity index (χ0) is 24.1. The summed E-state index contributed by atoms with van der Waals surface area (Å²) in [7, 11) is 0. The van der Waals surface area contributed by atoms with E-state index in [0.717, 1.165) is 0 Å². The van der Waals surface area contributed by atoms with E-state index in [4.69, 9.17) is 162 Å². The van der Waals surface area contributed by atoms with Gasteiger partial charge in [-0.3, -0.25) is 0 Å². The van der Waals surface area contributed by atoms with Gasteiger partial charge < -0.3 is 0 Å². The first-order valence-corrected chi connectivity index (χ1v) is 13.1. The van der Waals surface area contributed by atoms with Crippen LogP contribution in [-0.4, -0.2) is 16.3 Å². The van der Waals surface area contributed by atoms with Crippen LogP contribution in [0.15, 0.2) is 18.2 Å². The lowest BCUT2D eigenvalue weighted by Gasteiger charge is -2.41. The maximum atomic E-state index is 6.57. The zero-order valence-corrected chi connectivity index (χ0v) is 25.4. The lowest BCUT2D eigenvalue weighted by atomic mass is 9.91. The Morgan fingerprint density at radius 1 is 0.633 bits per heavy atom. The average Bonchev–Trinajstić information content (AvgIpc) is 2.51. The molecule has 0 amide bonds. The molecule has 0 aromatic heterocycles. The van der Waals surface area contributed by atoms with Crippen LogP contribution < -0.4 is 0 Å². The van der Waals surface area contributed by atoms with E-state index in [2.05, 4.69) is 0 Å². The fourth-order valence-electron chi connectivity index (χ4n) is 2.39. The molecule has 1 aromatic carbocycles. The van der Waals surface area contributed by atoms with Crippen LogP contribution in [0.3, 0.4) is 0 Å². The first-order valence-electron chi connectivity index (χ1n) is 7.80. The fraction of sp³-hybridized carbons (Fsp3) is 0.625. The van der Waals surface area contributed by atoms with E-state index in [1.807, 2.05) is 13.8 Å². The topological polar surface area (TPSA) is 0 Å². The number of alkyl halides is 14. The molecule has 0 unspecified atom stereocenters. The van der Waals surface area contributed by atoms with Crippen molar-refractivity contribution in [1.82, 2.24) is 0 Å². The van der Waals surface area contributed by atoms with Gasteiger partial charge in [0, 0.05) is 0 Å². The molecule has 0 saturated carbocycles. The first kappa shape index (κ1) is 31.3. The first-order chi connectivity index (χ1) is 13.0. The van der Waals surface area contributed by atoms with Gasteiger partial charge >= 0.3 is 0 Å². The Balaban J connectivity index is 3.82. The summed E-state index contributed by atoms with van der Waals surface area (Å²) < 4.78 is -13.5. The van der Waals surface area contributed by atoms with Crippen LogP contribution in [0.1, 0.15) is 30.5 Å².